The van der Waals surface area contributed by atoms with E-state index in [0.717, 1.165) is 31.3 Å². The maximum Gasteiger partial charge on any atom is 0.308 e. The van der Waals surface area contributed by atoms with Crippen molar-refractivity contribution in [2.75, 3.05) is 7.11 Å². The summed E-state index contributed by atoms with van der Waals surface area (Å²) in [6.45, 7) is 13.0. The Balaban J connectivity index is 2.46. The molecule has 5 heteroatoms. The molecule has 0 aromatic rings. The molecule has 0 spiro atoms. The summed E-state index contributed by atoms with van der Waals surface area (Å²) in [5.41, 5.74) is 0.907. The zero-order chi connectivity index (χ0) is 18.5. The highest BCUT2D eigenvalue weighted by atomic mass is 28.4. The summed E-state index contributed by atoms with van der Waals surface area (Å²) in [5.74, 6) is -0.00774. The molecule has 4 nitrogen and oxygen atoms in total. The Morgan fingerprint density at radius 3 is 2.50 bits per heavy atom. The van der Waals surface area contributed by atoms with Crippen LogP contribution in [0.5, 0.6) is 0 Å². The monoisotopic (exact) mass is 354 g/mol. The van der Waals surface area contributed by atoms with Gasteiger partial charge in [0.2, 0.25) is 0 Å². The molecule has 0 aromatic heterocycles. The Kier molecular flexibility index (Phi) is 7.41. The van der Waals surface area contributed by atoms with Gasteiger partial charge in [0, 0.05) is 6.42 Å². The van der Waals surface area contributed by atoms with Gasteiger partial charge in [-0.15, -0.1) is 0 Å². The lowest BCUT2D eigenvalue weighted by atomic mass is 10.0. The fourth-order valence-corrected chi connectivity index (χ4v) is 3.89. The Hall–Kier alpha value is -0.943. The van der Waals surface area contributed by atoms with E-state index in [4.69, 9.17) is 9.16 Å². The average Bonchev–Trinajstić information content (AvgIpc) is 2.80. The number of hydrogen-bond donors (Lipinski definition) is 0. The van der Waals surface area contributed by atoms with Crippen LogP contribution in [0, 0.1) is 5.92 Å². The van der Waals surface area contributed by atoms with Crippen molar-refractivity contribution < 1.29 is 18.8 Å². The summed E-state index contributed by atoms with van der Waals surface area (Å²) in [6.07, 6.45) is 5.90. The van der Waals surface area contributed by atoms with Crippen LogP contribution < -0.4 is 0 Å². The number of methoxy groups -OCH3 is 1. The van der Waals surface area contributed by atoms with E-state index < -0.39 is 8.32 Å². The number of ether oxygens (including phenoxy) is 1. The molecular formula is C19H34O4Si. The fraction of sp³-hybridized carbons (Fsp3) is 0.789. The number of rotatable bonds is 8. The van der Waals surface area contributed by atoms with E-state index in [1.165, 1.54) is 7.11 Å². The molecule has 0 radical (unpaired) electrons. The lowest BCUT2D eigenvalue weighted by Crippen LogP contribution is -2.43. The van der Waals surface area contributed by atoms with Crippen LogP contribution in [0.4, 0.5) is 0 Å². The molecule has 2 atom stereocenters. The van der Waals surface area contributed by atoms with E-state index in [1.54, 1.807) is 0 Å². The van der Waals surface area contributed by atoms with Crippen molar-refractivity contribution in [2.45, 2.75) is 84.0 Å². The smallest absolute Gasteiger partial charge is 0.308 e. The van der Waals surface area contributed by atoms with Gasteiger partial charge in [0.15, 0.2) is 14.1 Å². The third kappa shape index (κ3) is 5.85. The molecule has 1 aliphatic rings. The van der Waals surface area contributed by atoms with Gasteiger partial charge in [-0.05, 0) is 49.0 Å². The molecule has 1 unspecified atom stereocenters. The number of hydrogen-bond acceptors (Lipinski definition) is 4. The molecule has 0 amide bonds. The Labute approximate surface area is 148 Å². The standard InChI is InChI=1S/C19H34O4Si/c1-14(18(21)22-5)10-8-9-11-15-12-16(13-17(15)20)23-24(6,7)19(2,3)4/h12,14,16H,8-11,13H2,1-7H3/t14?,16-/m0/s1. The molecule has 0 fully saturated rings. The number of allylic oxidation sites excluding steroid dienone is 1. The number of Topliss-reactive ketones (excluding diaryl/α,β-unsaturated/α-hetero) is 1. The maximum atomic E-state index is 12.2. The molecule has 0 aliphatic heterocycles. The Bertz CT molecular complexity index is 488. The minimum atomic E-state index is -1.85. The SMILES string of the molecule is COC(=O)C(C)CCCCC1=C[C@H](O[Si](C)(C)C(C)(C)C)CC1=O. The topological polar surface area (TPSA) is 52.6 Å². The van der Waals surface area contributed by atoms with Crippen LogP contribution in [-0.4, -0.2) is 33.3 Å². The van der Waals surface area contributed by atoms with Crippen molar-refractivity contribution >= 4 is 20.1 Å². The molecule has 0 saturated carbocycles. The fourth-order valence-electron chi connectivity index (χ4n) is 2.63. The van der Waals surface area contributed by atoms with Gasteiger partial charge in [0.25, 0.3) is 0 Å². The number of carbonyl (C=O) groups is 2. The number of esters is 1. The lowest BCUT2D eigenvalue weighted by molar-refractivity contribution is -0.145. The average molecular weight is 355 g/mol. The van der Waals surface area contributed by atoms with E-state index >= 15 is 0 Å². The highest BCUT2D eigenvalue weighted by molar-refractivity contribution is 6.74. The third-order valence-corrected chi connectivity index (χ3v) is 9.83. The zero-order valence-corrected chi connectivity index (χ0v) is 17.4. The van der Waals surface area contributed by atoms with Gasteiger partial charge in [-0.1, -0.05) is 34.1 Å². The lowest BCUT2D eigenvalue weighted by Gasteiger charge is -2.37. The second kappa shape index (κ2) is 8.43. The van der Waals surface area contributed by atoms with Crippen molar-refractivity contribution in [3.63, 3.8) is 0 Å². The van der Waals surface area contributed by atoms with E-state index in [9.17, 15) is 9.59 Å². The predicted molar refractivity (Wildman–Crippen MR) is 99.4 cm³/mol. The quantitative estimate of drug-likeness (QED) is 0.362. The van der Waals surface area contributed by atoms with E-state index in [0.29, 0.717) is 6.42 Å². The van der Waals surface area contributed by atoms with Crippen molar-refractivity contribution in [3.05, 3.63) is 11.6 Å². The second-order valence-corrected chi connectivity index (χ2v) is 13.2. The minimum absolute atomic E-state index is 0.0533. The van der Waals surface area contributed by atoms with Crippen LogP contribution in [0.15, 0.2) is 11.6 Å². The first kappa shape index (κ1) is 21.1. The number of ketones is 1. The number of carbonyl (C=O) groups excluding carboxylic acids is 2. The van der Waals surface area contributed by atoms with Crippen LogP contribution in [-0.2, 0) is 18.8 Å². The molecule has 0 N–H and O–H groups in total. The second-order valence-electron chi connectivity index (χ2n) is 8.41. The molecule has 138 valence electrons. The molecule has 24 heavy (non-hydrogen) atoms. The van der Waals surface area contributed by atoms with Gasteiger partial charge in [-0.3, -0.25) is 9.59 Å². The van der Waals surface area contributed by atoms with Crippen LogP contribution in [0.2, 0.25) is 18.1 Å². The van der Waals surface area contributed by atoms with E-state index in [2.05, 4.69) is 33.9 Å². The van der Waals surface area contributed by atoms with Crippen molar-refractivity contribution in [1.29, 1.82) is 0 Å². The first-order valence-corrected chi connectivity index (χ1v) is 11.9. The van der Waals surface area contributed by atoms with Gasteiger partial charge in [0.1, 0.15) is 0 Å². The van der Waals surface area contributed by atoms with Gasteiger partial charge in [0.05, 0.1) is 19.1 Å². The first-order chi connectivity index (χ1) is 11.0. The zero-order valence-electron chi connectivity index (χ0n) is 16.4. The molecular weight excluding hydrogens is 320 g/mol. The largest absolute Gasteiger partial charge is 0.469 e. The van der Waals surface area contributed by atoms with E-state index in [-0.39, 0.29) is 28.8 Å². The van der Waals surface area contributed by atoms with Gasteiger partial charge in [-0.2, -0.15) is 0 Å². The summed E-state index contributed by atoms with van der Waals surface area (Å²) in [5, 5.41) is 0.149. The van der Waals surface area contributed by atoms with Gasteiger partial charge in [-0.25, -0.2) is 0 Å². The molecule has 1 aliphatic carbocycles. The van der Waals surface area contributed by atoms with Crippen LogP contribution in [0.1, 0.15) is 59.8 Å². The summed E-state index contributed by atoms with van der Waals surface area (Å²) in [4.78, 5) is 23.6. The normalized spacial score (nSPS) is 20.0. The third-order valence-electron chi connectivity index (χ3n) is 5.32. The Morgan fingerprint density at radius 2 is 1.96 bits per heavy atom. The highest BCUT2D eigenvalue weighted by Gasteiger charge is 2.40. The maximum absolute atomic E-state index is 12.2. The minimum Gasteiger partial charge on any atom is -0.469 e. The highest BCUT2D eigenvalue weighted by Crippen LogP contribution is 2.39. The van der Waals surface area contributed by atoms with Crippen molar-refractivity contribution in [2.24, 2.45) is 5.92 Å². The van der Waals surface area contributed by atoms with Gasteiger partial charge >= 0.3 is 5.97 Å². The van der Waals surface area contributed by atoms with E-state index in [1.807, 2.05) is 13.0 Å². The molecule has 0 heterocycles. The Morgan fingerprint density at radius 1 is 1.33 bits per heavy atom. The van der Waals surface area contributed by atoms with Crippen LogP contribution in [0.3, 0.4) is 0 Å². The predicted octanol–water partition coefficient (Wildman–Crippen LogP) is 4.65. The van der Waals surface area contributed by atoms with Crippen LogP contribution in [0.25, 0.3) is 0 Å². The molecule has 0 saturated heterocycles. The summed E-state index contributed by atoms with van der Waals surface area (Å²) >= 11 is 0. The molecule has 0 bridgehead atoms. The van der Waals surface area contributed by atoms with Crippen molar-refractivity contribution in [3.8, 4) is 0 Å². The molecule has 1 rings (SSSR count). The summed E-state index contributed by atoms with van der Waals surface area (Å²) in [6, 6.07) is 0. The van der Waals surface area contributed by atoms with Crippen molar-refractivity contribution in [1.82, 2.24) is 0 Å². The van der Waals surface area contributed by atoms with Gasteiger partial charge < -0.3 is 9.16 Å². The summed E-state index contributed by atoms with van der Waals surface area (Å²) in [7, 11) is -0.427. The number of unbranched alkanes of at least 4 members (excludes halogenated alkanes) is 1. The molecule has 0 aromatic carbocycles. The first-order valence-electron chi connectivity index (χ1n) is 8.97. The van der Waals surface area contributed by atoms with Crippen LogP contribution >= 0.6 is 0 Å². The summed E-state index contributed by atoms with van der Waals surface area (Å²) < 4.78 is 11.1.